The summed E-state index contributed by atoms with van der Waals surface area (Å²) in [6, 6.07) is 6.08. The summed E-state index contributed by atoms with van der Waals surface area (Å²) in [6.45, 7) is -0.988. The molecule has 19 heavy (non-hydrogen) atoms. The highest BCUT2D eigenvalue weighted by Gasteiger charge is 2.13. The van der Waals surface area contributed by atoms with E-state index in [9.17, 15) is 13.9 Å². The van der Waals surface area contributed by atoms with Gasteiger partial charge in [0, 0.05) is 17.5 Å². The van der Waals surface area contributed by atoms with Crippen molar-refractivity contribution >= 4 is 11.3 Å². The molecule has 0 aliphatic carbocycles. The third-order valence-electron chi connectivity index (χ3n) is 2.50. The molecule has 0 saturated heterocycles. The van der Waals surface area contributed by atoms with Gasteiger partial charge in [0.05, 0.1) is 11.1 Å². The Morgan fingerprint density at radius 1 is 1.42 bits per heavy atom. The van der Waals surface area contributed by atoms with Gasteiger partial charge >= 0.3 is 6.61 Å². The molecule has 1 aromatic carbocycles. The van der Waals surface area contributed by atoms with E-state index in [0.29, 0.717) is 12.0 Å². The first-order valence-corrected chi connectivity index (χ1v) is 6.56. The average molecular weight is 285 g/mol. The molecule has 102 valence electrons. The smallest absolute Gasteiger partial charge is 0.387 e. The highest BCUT2D eigenvalue weighted by atomic mass is 32.1. The minimum Gasteiger partial charge on any atom is -0.435 e. The van der Waals surface area contributed by atoms with Gasteiger partial charge in [0.25, 0.3) is 0 Å². The van der Waals surface area contributed by atoms with Gasteiger partial charge in [0.15, 0.2) is 0 Å². The molecule has 0 bridgehead atoms. The number of aryl methyl sites for hydroxylation is 1. The van der Waals surface area contributed by atoms with E-state index in [-0.39, 0.29) is 5.75 Å². The molecule has 3 nitrogen and oxygen atoms in total. The summed E-state index contributed by atoms with van der Waals surface area (Å²) in [4.78, 5) is 4.25. The van der Waals surface area contributed by atoms with Crippen LogP contribution in [0.5, 0.6) is 5.75 Å². The topological polar surface area (TPSA) is 42.4 Å². The fraction of sp³-hybridized carbons (Fsp3) is 0.308. The van der Waals surface area contributed by atoms with Crippen LogP contribution in [0.2, 0.25) is 0 Å². The summed E-state index contributed by atoms with van der Waals surface area (Å²) < 4.78 is 28.5. The number of benzene rings is 1. The largest absolute Gasteiger partial charge is 0.435 e. The lowest BCUT2D eigenvalue weighted by molar-refractivity contribution is -0.0499. The fourth-order valence-corrected chi connectivity index (χ4v) is 2.49. The highest BCUT2D eigenvalue weighted by molar-refractivity contribution is 7.09. The average Bonchev–Trinajstić information content (AvgIpc) is 2.74. The Morgan fingerprint density at radius 3 is 2.84 bits per heavy atom. The Labute approximate surface area is 113 Å². The summed E-state index contributed by atoms with van der Waals surface area (Å²) in [6.07, 6.45) is -0.428. The molecule has 0 spiro atoms. The summed E-state index contributed by atoms with van der Waals surface area (Å²) >= 11 is 1.47. The van der Waals surface area contributed by atoms with Crippen LogP contribution in [0.3, 0.4) is 0 Å². The number of alkyl halides is 2. The second kappa shape index (κ2) is 6.08. The molecule has 0 fully saturated rings. The van der Waals surface area contributed by atoms with Gasteiger partial charge in [-0.05, 0) is 24.6 Å². The number of halogens is 2. The molecule has 0 saturated carbocycles. The van der Waals surface area contributed by atoms with Gasteiger partial charge in [-0.15, -0.1) is 11.3 Å². The molecule has 6 heteroatoms. The van der Waals surface area contributed by atoms with E-state index in [0.717, 1.165) is 10.7 Å². The standard InChI is InChI=1S/C13H13F2NO2S/c1-8-7-19-12(16-8)6-11(17)9-3-2-4-10(5-9)18-13(14)15/h2-5,7,11,13,17H,6H2,1H3. The van der Waals surface area contributed by atoms with Gasteiger partial charge in [-0.1, -0.05) is 12.1 Å². The molecular weight excluding hydrogens is 272 g/mol. The zero-order chi connectivity index (χ0) is 13.8. The number of nitrogens with zero attached hydrogens (tertiary/aromatic N) is 1. The monoisotopic (exact) mass is 285 g/mol. The second-order valence-corrected chi connectivity index (χ2v) is 5.00. The van der Waals surface area contributed by atoms with E-state index in [1.807, 2.05) is 12.3 Å². The first kappa shape index (κ1) is 13.9. The van der Waals surface area contributed by atoms with Crippen LogP contribution in [0.25, 0.3) is 0 Å². The molecule has 1 atom stereocenters. The predicted octanol–water partition coefficient (Wildman–Crippen LogP) is 3.33. The molecule has 2 aromatic rings. The number of hydrogen-bond donors (Lipinski definition) is 1. The predicted molar refractivity (Wildman–Crippen MR) is 68.6 cm³/mol. The van der Waals surface area contributed by atoms with Crippen LogP contribution in [0.1, 0.15) is 22.4 Å². The Bertz CT molecular complexity index is 545. The molecule has 1 heterocycles. The first-order chi connectivity index (χ1) is 9.04. The van der Waals surface area contributed by atoms with Crippen molar-refractivity contribution in [3.8, 4) is 5.75 Å². The summed E-state index contributed by atoms with van der Waals surface area (Å²) in [5.74, 6) is 0.0434. The van der Waals surface area contributed by atoms with E-state index in [1.165, 1.54) is 23.5 Å². The van der Waals surface area contributed by atoms with Gasteiger partial charge in [-0.25, -0.2) is 4.98 Å². The highest BCUT2D eigenvalue weighted by Crippen LogP contribution is 2.24. The molecule has 1 N–H and O–H groups in total. The normalized spacial score (nSPS) is 12.7. The Kier molecular flexibility index (Phi) is 4.44. The molecule has 0 amide bonds. The van der Waals surface area contributed by atoms with Crippen molar-refractivity contribution in [2.24, 2.45) is 0 Å². The van der Waals surface area contributed by atoms with E-state index >= 15 is 0 Å². The summed E-state index contributed by atoms with van der Waals surface area (Å²) in [7, 11) is 0. The Hall–Kier alpha value is -1.53. The first-order valence-electron chi connectivity index (χ1n) is 5.68. The molecule has 0 radical (unpaired) electrons. The molecular formula is C13H13F2NO2S. The van der Waals surface area contributed by atoms with Crippen LogP contribution in [0.15, 0.2) is 29.6 Å². The van der Waals surface area contributed by atoms with Crippen LogP contribution in [0, 0.1) is 6.92 Å². The van der Waals surface area contributed by atoms with Crippen LogP contribution in [-0.2, 0) is 6.42 Å². The number of aromatic nitrogens is 1. The number of aliphatic hydroxyl groups is 1. The Balaban J connectivity index is 2.08. The minimum absolute atomic E-state index is 0.0434. The van der Waals surface area contributed by atoms with Gasteiger partial charge in [-0.3, -0.25) is 0 Å². The molecule has 0 aliphatic rings. The van der Waals surface area contributed by atoms with Crippen LogP contribution >= 0.6 is 11.3 Å². The van der Waals surface area contributed by atoms with Crippen molar-refractivity contribution in [3.05, 3.63) is 45.9 Å². The molecule has 1 unspecified atom stereocenters. The zero-order valence-electron chi connectivity index (χ0n) is 10.2. The van der Waals surface area contributed by atoms with E-state index in [4.69, 9.17) is 0 Å². The molecule has 0 aliphatic heterocycles. The quantitative estimate of drug-likeness (QED) is 0.916. The van der Waals surface area contributed by atoms with Gasteiger partial charge < -0.3 is 9.84 Å². The SMILES string of the molecule is Cc1csc(CC(O)c2cccc(OC(F)F)c2)n1. The number of thiazole rings is 1. The molecule has 2 rings (SSSR count). The number of aliphatic hydroxyl groups excluding tert-OH is 1. The van der Waals surface area contributed by atoms with Gasteiger partial charge in [-0.2, -0.15) is 8.78 Å². The number of hydrogen-bond acceptors (Lipinski definition) is 4. The maximum Gasteiger partial charge on any atom is 0.387 e. The van der Waals surface area contributed by atoms with Crippen molar-refractivity contribution < 1.29 is 18.6 Å². The lowest BCUT2D eigenvalue weighted by Gasteiger charge is -2.11. The van der Waals surface area contributed by atoms with Crippen molar-refractivity contribution in [3.63, 3.8) is 0 Å². The minimum atomic E-state index is -2.87. The van der Waals surface area contributed by atoms with Crippen molar-refractivity contribution in [1.29, 1.82) is 0 Å². The van der Waals surface area contributed by atoms with E-state index in [1.54, 1.807) is 12.1 Å². The maximum atomic E-state index is 12.1. The van der Waals surface area contributed by atoms with Gasteiger partial charge in [0.2, 0.25) is 0 Å². The second-order valence-electron chi connectivity index (χ2n) is 4.05. The van der Waals surface area contributed by atoms with Crippen molar-refractivity contribution in [2.45, 2.75) is 26.1 Å². The van der Waals surface area contributed by atoms with Crippen molar-refractivity contribution in [2.75, 3.05) is 0 Å². The summed E-state index contributed by atoms with van der Waals surface area (Å²) in [5.41, 5.74) is 1.44. The fourth-order valence-electron chi connectivity index (χ4n) is 1.68. The number of rotatable bonds is 5. The van der Waals surface area contributed by atoms with Crippen LogP contribution in [-0.4, -0.2) is 16.7 Å². The summed E-state index contributed by atoms with van der Waals surface area (Å²) in [5, 5.41) is 12.8. The van der Waals surface area contributed by atoms with Crippen LogP contribution in [0.4, 0.5) is 8.78 Å². The third-order valence-corrected chi connectivity index (χ3v) is 3.49. The van der Waals surface area contributed by atoms with E-state index in [2.05, 4.69) is 9.72 Å². The lowest BCUT2D eigenvalue weighted by atomic mass is 10.1. The Morgan fingerprint density at radius 2 is 2.21 bits per heavy atom. The van der Waals surface area contributed by atoms with Crippen molar-refractivity contribution in [1.82, 2.24) is 4.98 Å². The maximum absolute atomic E-state index is 12.1. The third kappa shape index (κ3) is 3.97. The lowest BCUT2D eigenvalue weighted by Crippen LogP contribution is -2.05. The zero-order valence-corrected chi connectivity index (χ0v) is 11.0. The van der Waals surface area contributed by atoms with E-state index < -0.39 is 12.7 Å². The number of ether oxygens (including phenoxy) is 1. The molecule has 1 aromatic heterocycles. The van der Waals surface area contributed by atoms with Gasteiger partial charge in [0.1, 0.15) is 5.75 Å². The van der Waals surface area contributed by atoms with Crippen LogP contribution < -0.4 is 4.74 Å².